The smallest absolute Gasteiger partial charge is 0.00853 e. The van der Waals surface area contributed by atoms with Gasteiger partial charge < -0.3 is 0 Å². The van der Waals surface area contributed by atoms with Crippen LogP contribution in [-0.4, -0.2) is 0 Å². The van der Waals surface area contributed by atoms with Gasteiger partial charge in [-0.1, -0.05) is 66.0 Å². The highest BCUT2D eigenvalue weighted by Gasteiger charge is 2.59. The molecule has 0 aromatic rings. The van der Waals surface area contributed by atoms with Gasteiger partial charge in [-0.15, -0.1) is 0 Å². The maximum absolute atomic E-state index is 2.74. The van der Waals surface area contributed by atoms with Gasteiger partial charge >= 0.3 is 0 Å². The quantitative estimate of drug-likeness (QED) is 0.416. The van der Waals surface area contributed by atoms with E-state index in [2.05, 4.69) is 47.6 Å². The molecule has 0 heterocycles. The molecule has 0 saturated heterocycles. The molecule has 0 amide bonds. The van der Waals surface area contributed by atoms with E-state index < -0.39 is 0 Å². The minimum Gasteiger partial charge on any atom is -0.0848 e. The first-order valence-corrected chi connectivity index (χ1v) is 13.0. The summed E-state index contributed by atoms with van der Waals surface area (Å²) in [7, 11) is 0. The van der Waals surface area contributed by atoms with Crippen LogP contribution in [0.4, 0.5) is 0 Å². The summed E-state index contributed by atoms with van der Waals surface area (Å²) in [5.41, 5.74) is 3.08. The van der Waals surface area contributed by atoms with Crippen molar-refractivity contribution in [2.75, 3.05) is 0 Å². The minimum absolute atomic E-state index is 0.568. The SMILES string of the molecule is CC(C)[C@H](C)CC[C@@H](C)[C@H]1CC[C@H]2[C@@H]3CCC4=CCCC[C@]4(C)[C@H]3CC[C@]12C. The van der Waals surface area contributed by atoms with E-state index in [1.807, 2.05) is 5.57 Å². The zero-order valence-corrected chi connectivity index (χ0v) is 19.9. The fraction of sp³-hybridized carbons (Fsp3) is 0.929. The number of fused-ring (bicyclic) bond motifs is 5. The third-order valence-corrected chi connectivity index (χ3v) is 11.0. The Hall–Kier alpha value is -0.260. The normalized spacial score (nSPS) is 45.0. The van der Waals surface area contributed by atoms with E-state index in [-0.39, 0.29) is 0 Å². The van der Waals surface area contributed by atoms with Crippen LogP contribution in [0.25, 0.3) is 0 Å². The summed E-state index contributed by atoms with van der Waals surface area (Å²) < 4.78 is 0. The first-order chi connectivity index (χ1) is 13.3. The molecule has 0 bridgehead atoms. The van der Waals surface area contributed by atoms with Crippen LogP contribution in [0, 0.1) is 52.3 Å². The first kappa shape index (κ1) is 21.0. The van der Waals surface area contributed by atoms with E-state index in [4.69, 9.17) is 0 Å². The van der Waals surface area contributed by atoms with Crippen molar-refractivity contribution in [1.82, 2.24) is 0 Å². The Morgan fingerprint density at radius 1 is 0.929 bits per heavy atom. The molecule has 0 aromatic carbocycles. The summed E-state index contributed by atoms with van der Waals surface area (Å²) in [5, 5.41) is 0. The van der Waals surface area contributed by atoms with E-state index in [0.29, 0.717) is 10.8 Å². The molecule has 0 aromatic heterocycles. The maximum atomic E-state index is 2.74. The van der Waals surface area contributed by atoms with Crippen LogP contribution >= 0.6 is 0 Å². The Kier molecular flexibility index (Phi) is 5.83. The second-order valence-corrected chi connectivity index (χ2v) is 12.5. The van der Waals surface area contributed by atoms with Gasteiger partial charge in [0.2, 0.25) is 0 Å². The van der Waals surface area contributed by atoms with E-state index in [9.17, 15) is 0 Å². The van der Waals surface area contributed by atoms with Crippen molar-refractivity contribution in [1.29, 1.82) is 0 Å². The maximum Gasteiger partial charge on any atom is -0.00853 e. The molecule has 0 unspecified atom stereocenters. The topological polar surface area (TPSA) is 0 Å². The fourth-order valence-corrected chi connectivity index (χ4v) is 8.79. The lowest BCUT2D eigenvalue weighted by Crippen LogP contribution is -2.50. The van der Waals surface area contributed by atoms with Gasteiger partial charge in [-0.05, 0) is 110 Å². The van der Waals surface area contributed by atoms with Crippen molar-refractivity contribution in [3.8, 4) is 0 Å². The monoisotopic (exact) mass is 384 g/mol. The van der Waals surface area contributed by atoms with E-state index >= 15 is 0 Å². The third-order valence-electron chi connectivity index (χ3n) is 11.0. The van der Waals surface area contributed by atoms with Crippen LogP contribution in [0.1, 0.15) is 112 Å². The Balaban J connectivity index is 1.48. The van der Waals surface area contributed by atoms with Crippen LogP contribution in [0.2, 0.25) is 0 Å². The fourth-order valence-electron chi connectivity index (χ4n) is 8.79. The van der Waals surface area contributed by atoms with Crippen LogP contribution in [0.3, 0.4) is 0 Å². The summed E-state index contributed by atoms with van der Waals surface area (Å²) in [6, 6.07) is 0. The van der Waals surface area contributed by atoms with Gasteiger partial charge in [-0.2, -0.15) is 0 Å². The van der Waals surface area contributed by atoms with Crippen LogP contribution < -0.4 is 0 Å². The summed E-state index contributed by atoms with van der Waals surface area (Å²) in [6.45, 7) is 15.3. The molecule has 8 atom stereocenters. The minimum atomic E-state index is 0.568. The Morgan fingerprint density at radius 2 is 1.71 bits per heavy atom. The molecule has 0 radical (unpaired) electrons. The summed E-state index contributed by atoms with van der Waals surface area (Å²) in [6.07, 6.45) is 18.9. The molecule has 0 spiro atoms. The summed E-state index contributed by atoms with van der Waals surface area (Å²) in [4.78, 5) is 0. The standard InChI is InChI=1S/C28H48/c1-19(2)20(3)10-11-21(4)24-14-15-25-23-13-12-22-9-7-8-17-27(22,5)26(23)16-18-28(24,25)6/h9,19-21,23-26H,7-8,10-18H2,1-6H3/t20-,21-,23+,24-,25+,26+,27+,28-/m1/s1. The molecule has 3 saturated carbocycles. The average Bonchev–Trinajstić information content (AvgIpc) is 3.02. The zero-order valence-electron chi connectivity index (χ0n) is 19.9. The number of hydrogen-bond acceptors (Lipinski definition) is 0. The number of rotatable bonds is 5. The molecular formula is C28H48. The predicted molar refractivity (Wildman–Crippen MR) is 122 cm³/mol. The lowest BCUT2D eigenvalue weighted by atomic mass is 9.46. The Labute approximate surface area is 176 Å². The molecule has 4 rings (SSSR count). The van der Waals surface area contributed by atoms with Crippen molar-refractivity contribution in [2.45, 2.75) is 112 Å². The third kappa shape index (κ3) is 3.33. The highest BCUT2D eigenvalue weighted by Crippen LogP contribution is 2.67. The Bertz CT molecular complexity index is 585. The van der Waals surface area contributed by atoms with Crippen molar-refractivity contribution >= 4 is 0 Å². The van der Waals surface area contributed by atoms with Gasteiger partial charge in [0.1, 0.15) is 0 Å². The van der Waals surface area contributed by atoms with Gasteiger partial charge in [0.25, 0.3) is 0 Å². The molecule has 0 aliphatic heterocycles. The lowest BCUT2D eigenvalue weighted by Gasteiger charge is -2.58. The van der Waals surface area contributed by atoms with Gasteiger partial charge in [-0.25, -0.2) is 0 Å². The average molecular weight is 385 g/mol. The van der Waals surface area contributed by atoms with Crippen LogP contribution in [0.15, 0.2) is 11.6 Å². The number of allylic oxidation sites excluding steroid dienone is 2. The largest absolute Gasteiger partial charge is 0.0848 e. The second kappa shape index (κ2) is 7.77. The molecule has 3 fully saturated rings. The molecule has 28 heavy (non-hydrogen) atoms. The van der Waals surface area contributed by atoms with Crippen molar-refractivity contribution < 1.29 is 0 Å². The van der Waals surface area contributed by atoms with Crippen molar-refractivity contribution in [3.05, 3.63) is 11.6 Å². The van der Waals surface area contributed by atoms with Crippen molar-refractivity contribution in [2.24, 2.45) is 52.3 Å². The van der Waals surface area contributed by atoms with Crippen LogP contribution in [-0.2, 0) is 0 Å². The molecule has 0 heteroatoms. The molecule has 160 valence electrons. The zero-order chi connectivity index (χ0) is 20.1. The summed E-state index contributed by atoms with van der Waals surface area (Å²) >= 11 is 0. The van der Waals surface area contributed by atoms with Gasteiger partial charge in [0.05, 0.1) is 0 Å². The van der Waals surface area contributed by atoms with Gasteiger partial charge in [0.15, 0.2) is 0 Å². The first-order valence-electron chi connectivity index (χ1n) is 13.0. The second-order valence-electron chi connectivity index (χ2n) is 12.5. The van der Waals surface area contributed by atoms with Crippen LogP contribution in [0.5, 0.6) is 0 Å². The highest BCUT2D eigenvalue weighted by molar-refractivity contribution is 5.23. The number of hydrogen-bond donors (Lipinski definition) is 0. The highest BCUT2D eigenvalue weighted by atomic mass is 14.6. The molecule has 0 N–H and O–H groups in total. The van der Waals surface area contributed by atoms with Gasteiger partial charge in [0, 0.05) is 0 Å². The molecule has 0 nitrogen and oxygen atoms in total. The van der Waals surface area contributed by atoms with Crippen molar-refractivity contribution in [3.63, 3.8) is 0 Å². The van der Waals surface area contributed by atoms with Gasteiger partial charge in [-0.3, -0.25) is 0 Å². The molecular weight excluding hydrogens is 336 g/mol. The lowest BCUT2D eigenvalue weighted by molar-refractivity contribution is -0.0594. The predicted octanol–water partition coefficient (Wildman–Crippen LogP) is 8.66. The Morgan fingerprint density at radius 3 is 2.46 bits per heavy atom. The van der Waals surface area contributed by atoms with E-state index in [1.54, 1.807) is 6.42 Å². The molecule has 4 aliphatic rings. The van der Waals surface area contributed by atoms with E-state index in [0.717, 1.165) is 41.4 Å². The van der Waals surface area contributed by atoms with E-state index in [1.165, 1.54) is 64.2 Å². The summed E-state index contributed by atoms with van der Waals surface area (Å²) in [5.74, 6) is 6.72. The molecule has 4 aliphatic carbocycles.